The summed E-state index contributed by atoms with van der Waals surface area (Å²) in [6, 6.07) is 0. The fourth-order valence-electron chi connectivity index (χ4n) is 2.31. The summed E-state index contributed by atoms with van der Waals surface area (Å²) < 4.78 is 1.21. The predicted molar refractivity (Wildman–Crippen MR) is 90.2 cm³/mol. The average Bonchev–Trinajstić information content (AvgIpc) is 2.52. The minimum atomic E-state index is -1.10. The highest BCUT2D eigenvalue weighted by Crippen LogP contribution is 2.19. The third-order valence-corrected chi connectivity index (χ3v) is 3.52. The van der Waals surface area contributed by atoms with Crippen molar-refractivity contribution in [2.75, 3.05) is 17.2 Å². The van der Waals surface area contributed by atoms with Crippen LogP contribution in [0.3, 0.4) is 0 Å². The molecule has 134 valence electrons. The Morgan fingerprint density at radius 3 is 2.42 bits per heavy atom. The van der Waals surface area contributed by atoms with E-state index in [0.717, 1.165) is 6.42 Å². The Morgan fingerprint density at radius 2 is 1.88 bits per heavy atom. The van der Waals surface area contributed by atoms with Crippen LogP contribution in [0.5, 0.6) is 0 Å². The number of H-pyrrole nitrogens is 1. The van der Waals surface area contributed by atoms with Crippen LogP contribution in [-0.2, 0) is 16.1 Å². The van der Waals surface area contributed by atoms with Crippen molar-refractivity contribution in [3.63, 3.8) is 0 Å². The van der Waals surface area contributed by atoms with E-state index in [9.17, 15) is 19.2 Å². The van der Waals surface area contributed by atoms with Crippen LogP contribution in [0.25, 0.3) is 0 Å². The Bertz CT molecular complexity index is 707. The van der Waals surface area contributed by atoms with Gasteiger partial charge in [0.05, 0.1) is 6.42 Å². The van der Waals surface area contributed by atoms with Gasteiger partial charge in [-0.05, 0) is 12.8 Å². The quantitative estimate of drug-likeness (QED) is 0.599. The first-order chi connectivity index (χ1) is 11.3. The standard InChI is InChI=1S/C15H24N4O5/c1-3-5-9-18(10(20)6-7-11(21)22)12-13(16)19(8-4-2)15(24)17-14(12)23/h3-9,16H2,1-2H3,(H,21,22)(H,17,23,24). The van der Waals surface area contributed by atoms with Crippen LogP contribution < -0.4 is 21.9 Å². The van der Waals surface area contributed by atoms with Crippen molar-refractivity contribution in [3.05, 3.63) is 20.8 Å². The fraction of sp³-hybridized carbons (Fsp3) is 0.600. The van der Waals surface area contributed by atoms with Gasteiger partial charge in [0, 0.05) is 19.5 Å². The molecule has 0 atom stereocenters. The molecule has 0 saturated heterocycles. The van der Waals surface area contributed by atoms with Gasteiger partial charge in [0.1, 0.15) is 5.82 Å². The topological polar surface area (TPSA) is 138 Å². The number of carbonyl (C=O) groups is 2. The molecule has 1 amide bonds. The minimum absolute atomic E-state index is 0.0784. The number of rotatable bonds is 9. The molecule has 9 nitrogen and oxygen atoms in total. The zero-order chi connectivity index (χ0) is 18.3. The van der Waals surface area contributed by atoms with Crippen LogP contribution in [0.4, 0.5) is 11.5 Å². The van der Waals surface area contributed by atoms with Crippen LogP contribution in [0.15, 0.2) is 9.59 Å². The summed E-state index contributed by atoms with van der Waals surface area (Å²) in [6.45, 7) is 4.31. The number of hydrogen-bond donors (Lipinski definition) is 3. The maximum Gasteiger partial charge on any atom is 0.330 e. The SMILES string of the molecule is CCCCN(C(=O)CCC(=O)O)c1c(N)n(CCC)c(=O)[nH]c1=O. The molecule has 0 aliphatic heterocycles. The molecule has 0 spiro atoms. The number of amides is 1. The van der Waals surface area contributed by atoms with Crippen molar-refractivity contribution in [1.82, 2.24) is 9.55 Å². The molecule has 0 aliphatic rings. The Hall–Kier alpha value is -2.58. The summed E-state index contributed by atoms with van der Waals surface area (Å²) in [5, 5.41) is 8.74. The molecule has 0 fully saturated rings. The van der Waals surface area contributed by atoms with Gasteiger partial charge in [-0.3, -0.25) is 23.9 Å². The number of aromatic nitrogens is 2. The molecule has 0 radical (unpaired) electrons. The second kappa shape index (κ2) is 8.90. The highest BCUT2D eigenvalue weighted by molar-refractivity contribution is 5.96. The Balaban J connectivity index is 3.33. The molecular formula is C15H24N4O5. The van der Waals surface area contributed by atoms with Gasteiger partial charge in [-0.2, -0.15) is 0 Å². The smallest absolute Gasteiger partial charge is 0.330 e. The first-order valence-corrected chi connectivity index (χ1v) is 7.98. The lowest BCUT2D eigenvalue weighted by atomic mass is 10.2. The fourth-order valence-corrected chi connectivity index (χ4v) is 2.31. The summed E-state index contributed by atoms with van der Waals surface area (Å²) in [5.41, 5.74) is 4.51. The second-order valence-corrected chi connectivity index (χ2v) is 5.44. The Labute approximate surface area is 139 Å². The third kappa shape index (κ3) is 4.71. The largest absolute Gasteiger partial charge is 0.481 e. The lowest BCUT2D eigenvalue weighted by Crippen LogP contribution is -2.41. The molecule has 1 rings (SSSR count). The number of nitrogen functional groups attached to an aromatic ring is 1. The summed E-state index contributed by atoms with van der Waals surface area (Å²) in [6.07, 6.45) is 1.43. The molecule has 4 N–H and O–H groups in total. The number of nitrogens with one attached hydrogen (secondary N) is 1. The Kier molecular flexibility index (Phi) is 7.22. The molecule has 9 heteroatoms. The zero-order valence-electron chi connectivity index (χ0n) is 14.0. The van der Waals surface area contributed by atoms with Gasteiger partial charge < -0.3 is 15.7 Å². The van der Waals surface area contributed by atoms with E-state index in [0.29, 0.717) is 19.4 Å². The van der Waals surface area contributed by atoms with E-state index in [1.807, 2.05) is 13.8 Å². The molecule has 0 aliphatic carbocycles. The van der Waals surface area contributed by atoms with Crippen LogP contribution >= 0.6 is 0 Å². The summed E-state index contributed by atoms with van der Waals surface area (Å²) in [7, 11) is 0. The number of nitrogens with zero attached hydrogens (tertiary/aromatic N) is 2. The van der Waals surface area contributed by atoms with Gasteiger partial charge in [-0.15, -0.1) is 0 Å². The molecule has 0 saturated carbocycles. The van der Waals surface area contributed by atoms with Crippen molar-refractivity contribution in [2.24, 2.45) is 0 Å². The minimum Gasteiger partial charge on any atom is -0.481 e. The van der Waals surface area contributed by atoms with E-state index in [1.165, 1.54) is 9.47 Å². The van der Waals surface area contributed by atoms with E-state index in [-0.39, 0.29) is 30.9 Å². The van der Waals surface area contributed by atoms with Gasteiger partial charge in [0.15, 0.2) is 5.69 Å². The van der Waals surface area contributed by atoms with E-state index in [2.05, 4.69) is 4.98 Å². The predicted octanol–water partition coefficient (Wildman–Crippen LogP) is 0.527. The van der Waals surface area contributed by atoms with Crippen LogP contribution in [-0.4, -0.2) is 33.1 Å². The van der Waals surface area contributed by atoms with Crippen LogP contribution in [0.2, 0.25) is 0 Å². The number of aromatic amines is 1. The van der Waals surface area contributed by atoms with E-state index >= 15 is 0 Å². The van der Waals surface area contributed by atoms with Gasteiger partial charge >= 0.3 is 11.7 Å². The molecular weight excluding hydrogens is 316 g/mol. The highest BCUT2D eigenvalue weighted by atomic mass is 16.4. The van der Waals surface area contributed by atoms with Gasteiger partial charge in [-0.25, -0.2) is 4.79 Å². The van der Waals surface area contributed by atoms with Crippen molar-refractivity contribution in [2.45, 2.75) is 52.5 Å². The summed E-state index contributed by atoms with van der Waals surface area (Å²) >= 11 is 0. The number of unbranched alkanes of at least 4 members (excludes halogenated alkanes) is 1. The second-order valence-electron chi connectivity index (χ2n) is 5.44. The van der Waals surface area contributed by atoms with Gasteiger partial charge in [0.25, 0.3) is 5.56 Å². The zero-order valence-corrected chi connectivity index (χ0v) is 14.0. The van der Waals surface area contributed by atoms with Gasteiger partial charge in [0.2, 0.25) is 5.91 Å². The van der Waals surface area contributed by atoms with Gasteiger partial charge in [-0.1, -0.05) is 20.3 Å². The third-order valence-electron chi connectivity index (χ3n) is 3.52. The molecule has 1 aromatic rings. The molecule has 0 unspecified atom stereocenters. The number of aliphatic carboxylic acids is 1. The molecule has 24 heavy (non-hydrogen) atoms. The highest BCUT2D eigenvalue weighted by Gasteiger charge is 2.24. The van der Waals surface area contributed by atoms with E-state index in [1.54, 1.807) is 0 Å². The van der Waals surface area contributed by atoms with Crippen molar-refractivity contribution < 1.29 is 14.7 Å². The average molecular weight is 340 g/mol. The van der Waals surface area contributed by atoms with E-state index < -0.39 is 23.1 Å². The maximum atomic E-state index is 12.4. The number of anilines is 2. The normalized spacial score (nSPS) is 10.6. The van der Waals surface area contributed by atoms with Crippen LogP contribution in [0, 0.1) is 0 Å². The molecule has 1 aromatic heterocycles. The number of hydrogen-bond acceptors (Lipinski definition) is 5. The number of nitrogens with two attached hydrogens (primary N) is 1. The van der Waals surface area contributed by atoms with Crippen molar-refractivity contribution >= 4 is 23.4 Å². The summed E-state index contributed by atoms with van der Waals surface area (Å²) in [5.74, 6) is -1.69. The van der Waals surface area contributed by atoms with Crippen LogP contribution in [0.1, 0.15) is 46.0 Å². The first kappa shape index (κ1) is 19.5. The monoisotopic (exact) mass is 340 g/mol. The number of carboxylic acid groups (broad SMARTS) is 1. The van der Waals surface area contributed by atoms with Crippen molar-refractivity contribution in [3.8, 4) is 0 Å². The maximum absolute atomic E-state index is 12.4. The van der Waals surface area contributed by atoms with Crippen molar-refractivity contribution in [1.29, 1.82) is 0 Å². The number of carboxylic acids is 1. The molecule has 0 aromatic carbocycles. The van der Waals surface area contributed by atoms with E-state index in [4.69, 9.17) is 10.8 Å². The Morgan fingerprint density at radius 1 is 1.21 bits per heavy atom. The number of carbonyl (C=O) groups excluding carboxylic acids is 1. The molecule has 1 heterocycles. The molecule has 0 bridgehead atoms. The first-order valence-electron chi connectivity index (χ1n) is 7.98. The lowest BCUT2D eigenvalue weighted by molar-refractivity contribution is -0.138. The lowest BCUT2D eigenvalue weighted by Gasteiger charge is -2.24. The summed E-state index contributed by atoms with van der Waals surface area (Å²) in [4.78, 5) is 50.5.